The summed E-state index contributed by atoms with van der Waals surface area (Å²) < 4.78 is 13.5. The topological polar surface area (TPSA) is 23.6 Å². The van der Waals surface area contributed by atoms with Gasteiger partial charge in [-0.25, -0.2) is 4.39 Å². The van der Waals surface area contributed by atoms with Crippen molar-refractivity contribution in [1.29, 1.82) is 0 Å². The summed E-state index contributed by atoms with van der Waals surface area (Å²) in [6.07, 6.45) is 0. The lowest BCUT2D eigenvalue weighted by atomic mass is 9.95. The number of rotatable bonds is 4. The van der Waals surface area contributed by atoms with Crippen LogP contribution in [0.5, 0.6) is 0 Å². The molecule has 1 amide bonds. The van der Waals surface area contributed by atoms with E-state index >= 15 is 0 Å². The molecule has 0 N–H and O–H groups in total. The molecule has 3 aromatic rings. The van der Waals surface area contributed by atoms with E-state index in [4.69, 9.17) is 0 Å². The SMILES string of the molecule is Cc1ccc(C(c2ccccc2)N2CCN(C(=O)c3cccc(F)c3)CC2)cc1. The number of carbonyl (C=O) groups is 1. The normalized spacial score (nSPS) is 15.9. The molecule has 3 nitrogen and oxygen atoms in total. The van der Waals surface area contributed by atoms with Crippen molar-refractivity contribution in [1.82, 2.24) is 9.80 Å². The van der Waals surface area contributed by atoms with E-state index in [9.17, 15) is 9.18 Å². The van der Waals surface area contributed by atoms with Crippen LogP contribution in [0.25, 0.3) is 0 Å². The maximum Gasteiger partial charge on any atom is 0.254 e. The molecular formula is C25H25FN2O. The number of carbonyl (C=O) groups excluding carboxylic acids is 1. The highest BCUT2D eigenvalue weighted by molar-refractivity contribution is 5.94. The van der Waals surface area contributed by atoms with Gasteiger partial charge in [-0.3, -0.25) is 9.69 Å². The zero-order chi connectivity index (χ0) is 20.2. The lowest BCUT2D eigenvalue weighted by molar-refractivity contribution is 0.0597. The summed E-state index contributed by atoms with van der Waals surface area (Å²) in [4.78, 5) is 17.0. The molecule has 1 atom stereocenters. The van der Waals surface area contributed by atoms with Gasteiger partial charge in [-0.1, -0.05) is 66.2 Å². The number of hydrogen-bond donors (Lipinski definition) is 0. The van der Waals surface area contributed by atoms with Crippen LogP contribution in [0, 0.1) is 12.7 Å². The molecule has 4 rings (SSSR count). The Bertz CT molecular complexity index is 964. The second kappa shape index (κ2) is 8.58. The molecule has 4 heteroatoms. The Labute approximate surface area is 171 Å². The number of nitrogens with zero attached hydrogens (tertiary/aromatic N) is 2. The van der Waals surface area contributed by atoms with Crippen molar-refractivity contribution in [3.05, 3.63) is 107 Å². The van der Waals surface area contributed by atoms with Gasteiger partial charge < -0.3 is 4.90 Å². The van der Waals surface area contributed by atoms with Gasteiger partial charge in [0, 0.05) is 31.7 Å². The first-order valence-electron chi connectivity index (χ1n) is 10.0. The third-order valence-corrected chi connectivity index (χ3v) is 5.55. The van der Waals surface area contributed by atoms with Crippen molar-refractivity contribution in [2.45, 2.75) is 13.0 Å². The summed E-state index contributed by atoms with van der Waals surface area (Å²) in [5.74, 6) is -0.478. The van der Waals surface area contributed by atoms with Gasteiger partial charge in [0.15, 0.2) is 0 Å². The van der Waals surface area contributed by atoms with Gasteiger partial charge in [0.1, 0.15) is 5.82 Å². The molecular weight excluding hydrogens is 363 g/mol. The smallest absolute Gasteiger partial charge is 0.254 e. The number of halogens is 1. The minimum Gasteiger partial charge on any atom is -0.336 e. The first-order valence-corrected chi connectivity index (χ1v) is 10.0. The third kappa shape index (κ3) is 4.38. The van der Waals surface area contributed by atoms with Crippen molar-refractivity contribution in [3.63, 3.8) is 0 Å². The average Bonchev–Trinajstić information content (AvgIpc) is 2.76. The minimum atomic E-state index is -0.377. The molecule has 0 aromatic heterocycles. The predicted molar refractivity (Wildman–Crippen MR) is 113 cm³/mol. The van der Waals surface area contributed by atoms with E-state index in [1.165, 1.54) is 28.8 Å². The molecule has 1 saturated heterocycles. The molecule has 3 aromatic carbocycles. The molecule has 0 aliphatic carbocycles. The quantitative estimate of drug-likeness (QED) is 0.648. The highest BCUT2D eigenvalue weighted by atomic mass is 19.1. The molecule has 1 fully saturated rings. The van der Waals surface area contributed by atoms with Crippen LogP contribution in [0.15, 0.2) is 78.9 Å². The predicted octanol–water partition coefficient (Wildman–Crippen LogP) is 4.68. The van der Waals surface area contributed by atoms with Crippen molar-refractivity contribution in [3.8, 4) is 0 Å². The second-order valence-electron chi connectivity index (χ2n) is 7.56. The van der Waals surface area contributed by atoms with E-state index in [2.05, 4.69) is 60.4 Å². The van der Waals surface area contributed by atoms with E-state index in [-0.39, 0.29) is 17.8 Å². The highest BCUT2D eigenvalue weighted by Gasteiger charge is 2.28. The average molecular weight is 388 g/mol. The Kier molecular flexibility index (Phi) is 5.72. The summed E-state index contributed by atoms with van der Waals surface area (Å²) in [5, 5.41) is 0. The first-order chi connectivity index (χ1) is 14.1. The standard InChI is InChI=1S/C25H25FN2O/c1-19-10-12-21(13-11-19)24(20-6-3-2-4-7-20)27-14-16-28(17-15-27)25(29)22-8-5-9-23(26)18-22/h2-13,18,24H,14-17H2,1H3. The van der Waals surface area contributed by atoms with E-state index in [1.807, 2.05) is 11.0 Å². The van der Waals surface area contributed by atoms with Gasteiger partial charge in [-0.05, 0) is 36.2 Å². The molecule has 0 radical (unpaired) electrons. The molecule has 29 heavy (non-hydrogen) atoms. The maximum absolute atomic E-state index is 13.5. The van der Waals surface area contributed by atoms with Gasteiger partial charge in [0.25, 0.3) is 5.91 Å². The molecule has 0 spiro atoms. The monoisotopic (exact) mass is 388 g/mol. The van der Waals surface area contributed by atoms with Gasteiger partial charge in [-0.15, -0.1) is 0 Å². The molecule has 1 heterocycles. The molecule has 0 bridgehead atoms. The molecule has 1 aliphatic heterocycles. The van der Waals surface area contributed by atoms with Crippen LogP contribution in [-0.2, 0) is 0 Å². The van der Waals surface area contributed by atoms with Gasteiger partial charge in [0.2, 0.25) is 0 Å². The van der Waals surface area contributed by atoms with Gasteiger partial charge >= 0.3 is 0 Å². The largest absolute Gasteiger partial charge is 0.336 e. The fourth-order valence-corrected chi connectivity index (χ4v) is 3.99. The van der Waals surface area contributed by atoms with Gasteiger partial charge in [0.05, 0.1) is 6.04 Å². The first kappa shape index (κ1) is 19.3. The van der Waals surface area contributed by atoms with E-state index < -0.39 is 0 Å². The summed E-state index contributed by atoms with van der Waals surface area (Å²) in [5.41, 5.74) is 4.16. The van der Waals surface area contributed by atoms with Gasteiger partial charge in [-0.2, -0.15) is 0 Å². The summed E-state index contributed by atoms with van der Waals surface area (Å²) in [7, 11) is 0. The summed E-state index contributed by atoms with van der Waals surface area (Å²) in [6.45, 7) is 4.90. The van der Waals surface area contributed by atoms with Crippen LogP contribution in [0.1, 0.15) is 33.1 Å². The zero-order valence-corrected chi connectivity index (χ0v) is 16.6. The summed E-state index contributed by atoms with van der Waals surface area (Å²) in [6, 6.07) is 25.3. The van der Waals surface area contributed by atoms with E-state index in [0.29, 0.717) is 18.7 Å². The zero-order valence-electron chi connectivity index (χ0n) is 16.6. The number of benzene rings is 3. The Morgan fingerprint density at radius 1 is 0.828 bits per heavy atom. The van der Waals surface area contributed by atoms with Crippen molar-refractivity contribution in [2.75, 3.05) is 26.2 Å². The number of hydrogen-bond acceptors (Lipinski definition) is 2. The maximum atomic E-state index is 13.5. The van der Waals surface area contributed by atoms with E-state index in [0.717, 1.165) is 13.1 Å². The van der Waals surface area contributed by atoms with Crippen LogP contribution in [0.2, 0.25) is 0 Å². The lowest BCUT2D eigenvalue weighted by Crippen LogP contribution is -2.49. The summed E-state index contributed by atoms with van der Waals surface area (Å²) >= 11 is 0. The van der Waals surface area contributed by atoms with Crippen LogP contribution in [0.3, 0.4) is 0 Å². The van der Waals surface area contributed by atoms with E-state index in [1.54, 1.807) is 12.1 Å². The molecule has 148 valence electrons. The van der Waals surface area contributed by atoms with Crippen LogP contribution >= 0.6 is 0 Å². The number of aryl methyl sites for hydroxylation is 1. The fraction of sp³-hybridized carbons (Fsp3) is 0.240. The van der Waals surface area contributed by atoms with Crippen LogP contribution < -0.4 is 0 Å². The second-order valence-corrected chi connectivity index (χ2v) is 7.56. The third-order valence-electron chi connectivity index (χ3n) is 5.55. The Balaban J connectivity index is 1.52. The van der Waals surface area contributed by atoms with Crippen molar-refractivity contribution in [2.24, 2.45) is 0 Å². The van der Waals surface area contributed by atoms with Crippen molar-refractivity contribution >= 4 is 5.91 Å². The fourth-order valence-electron chi connectivity index (χ4n) is 3.99. The minimum absolute atomic E-state index is 0.101. The van der Waals surface area contributed by atoms with Crippen LogP contribution in [-0.4, -0.2) is 41.9 Å². The Morgan fingerprint density at radius 3 is 2.14 bits per heavy atom. The Hall–Kier alpha value is -2.98. The highest BCUT2D eigenvalue weighted by Crippen LogP contribution is 2.30. The molecule has 1 unspecified atom stereocenters. The molecule has 1 aliphatic rings. The van der Waals surface area contributed by atoms with Crippen LogP contribution in [0.4, 0.5) is 4.39 Å². The Morgan fingerprint density at radius 2 is 1.48 bits per heavy atom. The molecule has 0 saturated carbocycles. The number of piperazine rings is 1. The lowest BCUT2D eigenvalue weighted by Gasteiger charge is -2.40. The van der Waals surface area contributed by atoms with Crippen molar-refractivity contribution < 1.29 is 9.18 Å². The number of amides is 1.